The highest BCUT2D eigenvalue weighted by Gasteiger charge is 2.21. The molecule has 0 saturated heterocycles. The number of halogens is 2. The van der Waals surface area contributed by atoms with E-state index in [2.05, 4.69) is 0 Å². The third-order valence-electron chi connectivity index (χ3n) is 1.56. The number of hydrogen-bond acceptors (Lipinski definition) is 4. The highest BCUT2D eigenvalue weighted by atomic mass is 35.5. The summed E-state index contributed by atoms with van der Waals surface area (Å²) in [5.74, 6) is -1.21. The molecule has 0 radical (unpaired) electrons. The van der Waals surface area contributed by atoms with E-state index in [-0.39, 0.29) is 21.2 Å². The predicted octanol–water partition coefficient (Wildman–Crippen LogP) is 2.15. The Bertz CT molecular complexity index is 441. The Morgan fingerprint density at radius 1 is 0.857 bits per heavy atom. The maximum atomic E-state index is 9.31. The molecule has 0 spiro atoms. The monoisotopic (exact) mass is 228 g/mol. The zero-order chi connectivity index (χ0) is 10.9. The van der Waals surface area contributed by atoms with Crippen LogP contribution < -0.4 is 0 Å². The second-order valence-corrected chi connectivity index (χ2v) is 3.05. The van der Waals surface area contributed by atoms with E-state index >= 15 is 0 Å². The van der Waals surface area contributed by atoms with Gasteiger partial charge in [0, 0.05) is 0 Å². The fourth-order valence-electron chi connectivity index (χ4n) is 0.882. The van der Waals surface area contributed by atoms with Crippen molar-refractivity contribution in [1.82, 2.24) is 0 Å². The lowest BCUT2D eigenvalue weighted by Crippen LogP contribution is -1.88. The number of phenols is 2. The Morgan fingerprint density at radius 3 is 1.36 bits per heavy atom. The molecule has 4 nitrogen and oxygen atoms in total. The maximum absolute atomic E-state index is 9.31. The molecule has 14 heavy (non-hydrogen) atoms. The first-order valence-electron chi connectivity index (χ1n) is 3.27. The smallest absolute Gasteiger partial charge is 0.155 e. The predicted molar refractivity (Wildman–Crippen MR) is 49.2 cm³/mol. The van der Waals surface area contributed by atoms with Gasteiger partial charge in [-0.25, -0.2) is 0 Å². The van der Waals surface area contributed by atoms with Crippen LogP contribution in [0.4, 0.5) is 0 Å². The summed E-state index contributed by atoms with van der Waals surface area (Å²) >= 11 is 11.0. The van der Waals surface area contributed by atoms with Crippen LogP contribution in [0.1, 0.15) is 11.1 Å². The van der Waals surface area contributed by atoms with Gasteiger partial charge in [0.15, 0.2) is 11.5 Å². The summed E-state index contributed by atoms with van der Waals surface area (Å²) in [5, 5.41) is 35.1. The van der Waals surface area contributed by atoms with Gasteiger partial charge >= 0.3 is 0 Å². The molecular weight excluding hydrogens is 227 g/mol. The lowest BCUT2D eigenvalue weighted by molar-refractivity contribution is 0.458. The van der Waals surface area contributed by atoms with Crippen LogP contribution in [-0.2, 0) is 0 Å². The van der Waals surface area contributed by atoms with E-state index in [1.165, 1.54) is 0 Å². The Kier molecular flexibility index (Phi) is 2.71. The van der Waals surface area contributed by atoms with E-state index in [1.807, 2.05) is 0 Å². The molecule has 0 fully saturated rings. The number of aromatic hydroxyl groups is 2. The number of benzene rings is 1. The normalized spacial score (nSPS) is 9.14. The fraction of sp³-hybridized carbons (Fsp3) is 0. The lowest BCUT2D eigenvalue weighted by atomic mass is 10.1. The highest BCUT2D eigenvalue weighted by molar-refractivity contribution is 6.44. The van der Waals surface area contributed by atoms with Crippen molar-refractivity contribution in [1.29, 1.82) is 10.5 Å². The van der Waals surface area contributed by atoms with Crippen molar-refractivity contribution in [2.24, 2.45) is 0 Å². The molecule has 0 atom stereocenters. The summed E-state index contributed by atoms with van der Waals surface area (Å²) in [6, 6.07) is 3.10. The number of hydrogen-bond donors (Lipinski definition) is 2. The number of nitriles is 2. The molecule has 1 aromatic carbocycles. The van der Waals surface area contributed by atoms with E-state index in [9.17, 15) is 10.2 Å². The molecule has 0 amide bonds. The average Bonchev–Trinajstić information content (AvgIpc) is 2.20. The van der Waals surface area contributed by atoms with E-state index < -0.39 is 11.5 Å². The first kappa shape index (κ1) is 10.5. The summed E-state index contributed by atoms with van der Waals surface area (Å²) in [5.41, 5.74) is -0.779. The molecule has 0 aromatic heterocycles. The largest absolute Gasteiger partial charge is 0.505 e. The van der Waals surface area contributed by atoms with Crippen LogP contribution >= 0.6 is 23.2 Å². The summed E-state index contributed by atoms with van der Waals surface area (Å²) in [4.78, 5) is 0. The van der Waals surface area contributed by atoms with Crippen molar-refractivity contribution in [2.75, 3.05) is 0 Å². The van der Waals surface area contributed by atoms with Gasteiger partial charge in [0.25, 0.3) is 0 Å². The van der Waals surface area contributed by atoms with Gasteiger partial charge in [0.05, 0.1) is 0 Å². The topological polar surface area (TPSA) is 88.0 Å². The minimum absolute atomic E-state index is 0.347. The van der Waals surface area contributed by atoms with Crippen molar-refractivity contribution in [3.05, 3.63) is 21.2 Å². The molecule has 1 rings (SSSR count). The quantitative estimate of drug-likeness (QED) is 0.667. The zero-order valence-electron chi connectivity index (χ0n) is 6.54. The maximum Gasteiger partial charge on any atom is 0.155 e. The van der Waals surface area contributed by atoms with Gasteiger partial charge in [-0.2, -0.15) is 10.5 Å². The van der Waals surface area contributed by atoms with Crippen molar-refractivity contribution in [3.63, 3.8) is 0 Å². The molecule has 0 aliphatic rings. The van der Waals surface area contributed by atoms with Crippen LogP contribution in [0, 0.1) is 22.7 Å². The van der Waals surface area contributed by atoms with Gasteiger partial charge in [-0.05, 0) is 0 Å². The molecule has 70 valence electrons. The van der Waals surface area contributed by atoms with Crippen LogP contribution in [0.15, 0.2) is 0 Å². The van der Waals surface area contributed by atoms with E-state index in [1.54, 1.807) is 12.1 Å². The lowest BCUT2D eigenvalue weighted by Gasteiger charge is -2.06. The van der Waals surface area contributed by atoms with Crippen LogP contribution in [-0.4, -0.2) is 10.2 Å². The standard InChI is InChI=1S/C8H2Cl2N2O2/c9-5-6(10)8(14)4(2-12)3(1-11)7(5)13/h13-14H. The third kappa shape index (κ3) is 1.31. The summed E-state index contributed by atoms with van der Waals surface area (Å²) in [6.07, 6.45) is 0. The molecule has 0 unspecified atom stereocenters. The van der Waals surface area contributed by atoms with Gasteiger partial charge in [-0.15, -0.1) is 0 Å². The Morgan fingerprint density at radius 2 is 1.14 bits per heavy atom. The molecular formula is C8H2Cl2N2O2. The SMILES string of the molecule is N#Cc1c(O)c(Cl)c(Cl)c(O)c1C#N. The molecule has 0 bridgehead atoms. The summed E-state index contributed by atoms with van der Waals surface area (Å²) in [7, 11) is 0. The van der Waals surface area contributed by atoms with Gasteiger partial charge < -0.3 is 10.2 Å². The fourth-order valence-corrected chi connectivity index (χ4v) is 1.25. The summed E-state index contributed by atoms with van der Waals surface area (Å²) < 4.78 is 0. The molecule has 6 heteroatoms. The molecule has 0 aliphatic carbocycles. The van der Waals surface area contributed by atoms with Crippen molar-refractivity contribution in [3.8, 4) is 23.6 Å². The van der Waals surface area contributed by atoms with Crippen LogP contribution in [0.3, 0.4) is 0 Å². The highest BCUT2D eigenvalue weighted by Crippen LogP contribution is 2.43. The second kappa shape index (κ2) is 3.63. The number of rotatable bonds is 0. The van der Waals surface area contributed by atoms with Gasteiger partial charge in [0.1, 0.15) is 33.3 Å². The molecule has 2 N–H and O–H groups in total. The third-order valence-corrected chi connectivity index (χ3v) is 2.39. The molecule has 0 saturated carbocycles. The minimum atomic E-state index is -0.603. The average molecular weight is 229 g/mol. The van der Waals surface area contributed by atoms with Crippen LogP contribution in [0.5, 0.6) is 11.5 Å². The second-order valence-electron chi connectivity index (χ2n) is 2.30. The first-order valence-corrected chi connectivity index (χ1v) is 4.03. The van der Waals surface area contributed by atoms with Gasteiger partial charge in [0.2, 0.25) is 0 Å². The van der Waals surface area contributed by atoms with Crippen molar-refractivity contribution < 1.29 is 10.2 Å². The minimum Gasteiger partial charge on any atom is -0.505 e. The van der Waals surface area contributed by atoms with Crippen molar-refractivity contribution in [2.45, 2.75) is 0 Å². The molecule has 0 aliphatic heterocycles. The van der Waals surface area contributed by atoms with Crippen LogP contribution in [0.25, 0.3) is 0 Å². The zero-order valence-corrected chi connectivity index (χ0v) is 8.06. The molecule has 0 heterocycles. The first-order chi connectivity index (χ1) is 6.54. The number of nitrogens with zero attached hydrogens (tertiary/aromatic N) is 2. The van der Waals surface area contributed by atoms with E-state index in [0.717, 1.165) is 0 Å². The van der Waals surface area contributed by atoms with Crippen LogP contribution in [0.2, 0.25) is 10.0 Å². The number of phenolic OH excluding ortho intramolecular Hbond substituents is 2. The van der Waals surface area contributed by atoms with Gasteiger partial charge in [-0.1, -0.05) is 23.2 Å². The molecule has 1 aromatic rings. The van der Waals surface area contributed by atoms with Crippen molar-refractivity contribution >= 4 is 23.2 Å². The Labute approximate surface area is 89.1 Å². The Hall–Kier alpha value is -1.62. The van der Waals surface area contributed by atoms with E-state index in [0.29, 0.717) is 0 Å². The summed E-state index contributed by atoms with van der Waals surface area (Å²) in [6.45, 7) is 0. The van der Waals surface area contributed by atoms with E-state index in [4.69, 9.17) is 33.7 Å². The van der Waals surface area contributed by atoms with Gasteiger partial charge in [-0.3, -0.25) is 0 Å². The Balaban J connectivity index is 3.79.